The lowest BCUT2D eigenvalue weighted by Crippen LogP contribution is -2.48. The van der Waals surface area contributed by atoms with Crippen LogP contribution in [0.2, 0.25) is 0 Å². The fourth-order valence-electron chi connectivity index (χ4n) is 2.72. The summed E-state index contributed by atoms with van der Waals surface area (Å²) in [6, 6.07) is 8.48. The molecule has 1 aromatic carbocycles. The van der Waals surface area contributed by atoms with Crippen LogP contribution in [0, 0.1) is 0 Å². The lowest BCUT2D eigenvalue weighted by atomic mass is 9.83. The zero-order chi connectivity index (χ0) is 13.7. The summed E-state index contributed by atoms with van der Waals surface area (Å²) in [6.45, 7) is 4.44. The Kier molecular flexibility index (Phi) is 4.81. The van der Waals surface area contributed by atoms with Gasteiger partial charge >= 0.3 is 0 Å². The average Bonchev–Trinajstić information content (AvgIpc) is 2.39. The Morgan fingerprint density at radius 1 is 1.16 bits per heavy atom. The molecule has 0 spiro atoms. The maximum absolute atomic E-state index is 5.43. The third-order valence-electron chi connectivity index (χ3n) is 3.99. The van der Waals surface area contributed by atoms with Crippen LogP contribution in [0.5, 0.6) is 0 Å². The largest absolute Gasteiger partial charge is 0.357 e. The van der Waals surface area contributed by atoms with Gasteiger partial charge in [0.05, 0.1) is 0 Å². The Bertz CT molecular complexity index is 419. The summed E-state index contributed by atoms with van der Waals surface area (Å²) in [7, 11) is 0. The molecule has 0 heterocycles. The molecule has 0 radical (unpaired) electrons. The molecule has 1 aliphatic carbocycles. The van der Waals surface area contributed by atoms with E-state index in [0.29, 0.717) is 0 Å². The van der Waals surface area contributed by atoms with Crippen LogP contribution in [0.15, 0.2) is 24.3 Å². The minimum Gasteiger partial charge on any atom is -0.357 e. The second-order valence-corrected chi connectivity index (χ2v) is 6.16. The Labute approximate surface area is 122 Å². The van der Waals surface area contributed by atoms with E-state index in [9.17, 15) is 0 Å². The first kappa shape index (κ1) is 14.3. The zero-order valence-corrected chi connectivity index (χ0v) is 12.8. The summed E-state index contributed by atoms with van der Waals surface area (Å²) in [6.07, 6.45) is 7.46. The average molecular weight is 276 g/mol. The zero-order valence-electron chi connectivity index (χ0n) is 12.0. The lowest BCUT2D eigenvalue weighted by molar-refractivity contribution is 0.292. The molecule has 1 aliphatic rings. The number of hydrogen-bond donors (Lipinski definition) is 2. The van der Waals surface area contributed by atoms with Crippen molar-refractivity contribution in [1.82, 2.24) is 5.32 Å². The van der Waals surface area contributed by atoms with Gasteiger partial charge in [-0.25, -0.2) is 0 Å². The summed E-state index contributed by atoms with van der Waals surface area (Å²) in [5.41, 5.74) is 2.59. The number of thiocarbonyl (C=S) groups is 1. The van der Waals surface area contributed by atoms with Gasteiger partial charge in [-0.2, -0.15) is 0 Å². The maximum atomic E-state index is 5.43. The van der Waals surface area contributed by atoms with Crippen molar-refractivity contribution in [3.05, 3.63) is 29.8 Å². The van der Waals surface area contributed by atoms with E-state index < -0.39 is 0 Å². The van der Waals surface area contributed by atoms with Gasteiger partial charge in [-0.05, 0) is 56.1 Å². The highest BCUT2D eigenvalue weighted by atomic mass is 32.1. The van der Waals surface area contributed by atoms with Gasteiger partial charge in [0.1, 0.15) is 0 Å². The molecule has 0 aromatic heterocycles. The number of aryl methyl sites for hydroxylation is 1. The van der Waals surface area contributed by atoms with Crippen molar-refractivity contribution in [3.8, 4) is 0 Å². The molecule has 1 fully saturated rings. The van der Waals surface area contributed by atoms with Crippen LogP contribution in [0.3, 0.4) is 0 Å². The molecule has 0 saturated heterocycles. The highest BCUT2D eigenvalue weighted by Crippen LogP contribution is 2.27. The molecule has 0 amide bonds. The molecule has 3 heteroatoms. The molecular weight excluding hydrogens is 252 g/mol. The molecule has 1 saturated carbocycles. The van der Waals surface area contributed by atoms with Gasteiger partial charge < -0.3 is 10.6 Å². The van der Waals surface area contributed by atoms with E-state index in [0.717, 1.165) is 17.2 Å². The van der Waals surface area contributed by atoms with Gasteiger partial charge in [0.2, 0.25) is 0 Å². The number of benzene rings is 1. The summed E-state index contributed by atoms with van der Waals surface area (Å²) in [5, 5.41) is 7.52. The smallest absolute Gasteiger partial charge is 0.171 e. The van der Waals surface area contributed by atoms with E-state index >= 15 is 0 Å². The topological polar surface area (TPSA) is 24.1 Å². The van der Waals surface area contributed by atoms with Crippen molar-refractivity contribution in [3.63, 3.8) is 0 Å². The molecule has 0 bridgehead atoms. The minimum absolute atomic E-state index is 0.172. The monoisotopic (exact) mass is 276 g/mol. The molecule has 1 aromatic rings. The Hall–Kier alpha value is -1.09. The summed E-state index contributed by atoms with van der Waals surface area (Å²) in [4.78, 5) is 0. The van der Waals surface area contributed by atoms with Gasteiger partial charge in [-0.1, -0.05) is 38.3 Å². The normalized spacial score (nSPS) is 17.8. The van der Waals surface area contributed by atoms with Gasteiger partial charge in [0.25, 0.3) is 0 Å². The molecular formula is C16H24N2S. The lowest BCUT2D eigenvalue weighted by Gasteiger charge is -2.35. The molecule has 19 heavy (non-hydrogen) atoms. The molecule has 104 valence electrons. The number of nitrogens with one attached hydrogen (secondary N) is 2. The van der Waals surface area contributed by atoms with Crippen molar-refractivity contribution < 1.29 is 0 Å². The predicted molar refractivity (Wildman–Crippen MR) is 86.7 cm³/mol. The predicted octanol–water partition coefficient (Wildman–Crippen LogP) is 4.26. The van der Waals surface area contributed by atoms with E-state index in [1.54, 1.807) is 0 Å². The number of anilines is 1. The second kappa shape index (κ2) is 6.38. The van der Waals surface area contributed by atoms with Gasteiger partial charge in [-0.3, -0.25) is 0 Å². The number of hydrogen-bond acceptors (Lipinski definition) is 1. The third kappa shape index (κ3) is 4.20. The van der Waals surface area contributed by atoms with E-state index in [1.807, 2.05) is 0 Å². The molecule has 2 rings (SSSR count). The van der Waals surface area contributed by atoms with Crippen LogP contribution in [0.25, 0.3) is 0 Å². The van der Waals surface area contributed by atoms with Crippen LogP contribution < -0.4 is 10.6 Å². The first-order valence-corrected chi connectivity index (χ1v) is 7.70. The Morgan fingerprint density at radius 2 is 1.79 bits per heavy atom. The van der Waals surface area contributed by atoms with Crippen molar-refractivity contribution in [2.75, 3.05) is 5.32 Å². The van der Waals surface area contributed by atoms with Crippen LogP contribution >= 0.6 is 12.2 Å². The van der Waals surface area contributed by atoms with Crippen LogP contribution in [-0.4, -0.2) is 10.7 Å². The van der Waals surface area contributed by atoms with Gasteiger partial charge in [-0.15, -0.1) is 0 Å². The fraction of sp³-hybridized carbons (Fsp3) is 0.562. The molecule has 0 unspecified atom stereocenters. The molecule has 2 N–H and O–H groups in total. The quantitative estimate of drug-likeness (QED) is 0.807. The van der Waals surface area contributed by atoms with Crippen LogP contribution in [0.4, 0.5) is 5.69 Å². The van der Waals surface area contributed by atoms with Crippen molar-refractivity contribution >= 4 is 23.0 Å². The second-order valence-electron chi connectivity index (χ2n) is 5.75. The van der Waals surface area contributed by atoms with Crippen molar-refractivity contribution in [1.29, 1.82) is 0 Å². The molecule has 2 nitrogen and oxygen atoms in total. The highest BCUT2D eigenvalue weighted by Gasteiger charge is 2.27. The van der Waals surface area contributed by atoms with E-state index in [-0.39, 0.29) is 5.54 Å². The van der Waals surface area contributed by atoms with Crippen molar-refractivity contribution in [2.24, 2.45) is 0 Å². The minimum atomic E-state index is 0.172. The first-order chi connectivity index (χ1) is 9.11. The summed E-state index contributed by atoms with van der Waals surface area (Å²) in [5.74, 6) is 0. The molecule has 0 atom stereocenters. The SMILES string of the molecule is CCc1ccc(NC(=S)NC2(C)CCCCC2)cc1. The van der Waals surface area contributed by atoms with Gasteiger partial charge in [0, 0.05) is 11.2 Å². The van der Waals surface area contributed by atoms with Crippen molar-refractivity contribution in [2.45, 2.75) is 57.9 Å². The maximum Gasteiger partial charge on any atom is 0.171 e. The van der Waals surface area contributed by atoms with E-state index in [2.05, 4.69) is 48.7 Å². The van der Waals surface area contributed by atoms with Crippen LogP contribution in [0.1, 0.15) is 51.5 Å². The summed E-state index contributed by atoms with van der Waals surface area (Å²) >= 11 is 5.43. The fourth-order valence-corrected chi connectivity index (χ4v) is 3.08. The first-order valence-electron chi connectivity index (χ1n) is 7.29. The number of rotatable bonds is 3. The highest BCUT2D eigenvalue weighted by molar-refractivity contribution is 7.80. The van der Waals surface area contributed by atoms with Gasteiger partial charge in [0.15, 0.2) is 5.11 Å². The van der Waals surface area contributed by atoms with E-state index in [4.69, 9.17) is 12.2 Å². The molecule has 0 aliphatic heterocycles. The Morgan fingerprint density at radius 3 is 2.37 bits per heavy atom. The van der Waals surface area contributed by atoms with E-state index in [1.165, 1.54) is 37.7 Å². The van der Waals surface area contributed by atoms with Crippen LogP contribution in [-0.2, 0) is 6.42 Å². The third-order valence-corrected chi connectivity index (χ3v) is 4.20. The standard InChI is InChI=1S/C16H24N2S/c1-3-13-7-9-14(10-8-13)17-15(19)18-16(2)11-5-4-6-12-16/h7-10H,3-6,11-12H2,1-2H3,(H2,17,18,19). The Balaban J connectivity index is 1.89. The summed E-state index contributed by atoms with van der Waals surface area (Å²) < 4.78 is 0.